The molecule has 0 aliphatic carbocycles. The fourth-order valence-electron chi connectivity index (χ4n) is 1.34. The number of hydrogen-bond acceptors (Lipinski definition) is 4. The summed E-state index contributed by atoms with van der Waals surface area (Å²) in [4.78, 5) is 16.2. The largest absolute Gasteiger partial charge is 0.381 e. The minimum Gasteiger partial charge on any atom is -0.381 e. The Labute approximate surface area is 112 Å². The van der Waals surface area contributed by atoms with E-state index in [4.69, 9.17) is 17.3 Å². The lowest BCUT2D eigenvalue weighted by Gasteiger charge is -2.05. The predicted octanol–water partition coefficient (Wildman–Crippen LogP) is 2.45. The monoisotopic (exact) mass is 285 g/mol. The van der Waals surface area contributed by atoms with Crippen molar-refractivity contribution >= 4 is 34.7 Å². The summed E-state index contributed by atoms with van der Waals surface area (Å²) in [6, 6.07) is 4.81. The number of nitrogens with one attached hydrogen (secondary N) is 1. The summed E-state index contributed by atoms with van der Waals surface area (Å²) >= 11 is 7.11. The van der Waals surface area contributed by atoms with Gasteiger partial charge >= 0.3 is 0 Å². The number of pyridine rings is 1. The molecule has 0 unspecified atom stereocenters. The third-order valence-corrected chi connectivity index (χ3v) is 3.44. The molecule has 1 amide bonds. The van der Waals surface area contributed by atoms with Gasteiger partial charge in [-0.05, 0) is 18.2 Å². The van der Waals surface area contributed by atoms with Crippen LogP contribution in [0.3, 0.4) is 0 Å². The molecule has 0 aliphatic rings. The van der Waals surface area contributed by atoms with Gasteiger partial charge < -0.3 is 11.1 Å². The average Bonchev–Trinajstić information content (AvgIpc) is 2.76. The van der Waals surface area contributed by atoms with E-state index < -0.39 is 11.7 Å². The molecule has 94 valence electrons. The maximum Gasteiger partial charge on any atom is 0.254 e. The highest BCUT2D eigenvalue weighted by Gasteiger charge is 2.14. The Morgan fingerprint density at radius 2 is 2.28 bits per heavy atom. The first kappa shape index (κ1) is 12.8. The smallest absolute Gasteiger partial charge is 0.254 e. The van der Waals surface area contributed by atoms with Gasteiger partial charge in [0.15, 0.2) is 11.6 Å². The second-order valence-corrected chi connectivity index (χ2v) is 5.25. The molecular weight excluding hydrogens is 277 g/mol. The first-order valence-electron chi connectivity index (χ1n) is 5.00. The Balaban J connectivity index is 2.06. The molecule has 0 aromatic carbocycles. The summed E-state index contributed by atoms with van der Waals surface area (Å²) in [5.74, 6) is -1.63. The molecule has 0 saturated heterocycles. The van der Waals surface area contributed by atoms with Crippen LogP contribution < -0.4 is 11.1 Å². The van der Waals surface area contributed by atoms with Gasteiger partial charge in [0, 0.05) is 11.1 Å². The maximum atomic E-state index is 13.5. The Bertz CT molecular complexity index is 587. The first-order valence-corrected chi connectivity index (χ1v) is 6.20. The number of amides is 1. The predicted molar refractivity (Wildman–Crippen MR) is 69.1 cm³/mol. The van der Waals surface area contributed by atoms with Crippen molar-refractivity contribution in [1.29, 1.82) is 0 Å². The molecule has 18 heavy (non-hydrogen) atoms. The molecule has 0 saturated carbocycles. The van der Waals surface area contributed by atoms with Crippen molar-refractivity contribution in [1.82, 2.24) is 10.3 Å². The Kier molecular flexibility index (Phi) is 3.78. The van der Waals surface area contributed by atoms with Crippen LogP contribution in [0.5, 0.6) is 0 Å². The molecule has 0 radical (unpaired) electrons. The number of nitrogen functional groups attached to an aromatic ring is 1. The molecule has 0 atom stereocenters. The highest BCUT2D eigenvalue weighted by molar-refractivity contribution is 7.16. The number of thiophene rings is 1. The molecule has 2 rings (SSSR count). The van der Waals surface area contributed by atoms with Gasteiger partial charge in [-0.2, -0.15) is 0 Å². The van der Waals surface area contributed by atoms with E-state index in [1.165, 1.54) is 23.6 Å². The third kappa shape index (κ3) is 2.77. The number of rotatable bonds is 3. The van der Waals surface area contributed by atoms with Crippen LogP contribution in [0.4, 0.5) is 10.2 Å². The number of nitrogens with two attached hydrogens (primary N) is 1. The zero-order chi connectivity index (χ0) is 13.1. The van der Waals surface area contributed by atoms with E-state index in [9.17, 15) is 9.18 Å². The van der Waals surface area contributed by atoms with Crippen LogP contribution in [-0.2, 0) is 6.54 Å². The molecule has 4 nitrogen and oxygen atoms in total. The zero-order valence-electron chi connectivity index (χ0n) is 9.11. The minimum atomic E-state index is -0.806. The van der Waals surface area contributed by atoms with E-state index in [1.54, 1.807) is 12.1 Å². The minimum absolute atomic E-state index is 0.120. The molecule has 2 heterocycles. The average molecular weight is 286 g/mol. The Morgan fingerprint density at radius 1 is 1.50 bits per heavy atom. The van der Waals surface area contributed by atoms with Crippen molar-refractivity contribution in [2.24, 2.45) is 0 Å². The highest BCUT2D eigenvalue weighted by atomic mass is 35.5. The van der Waals surface area contributed by atoms with Crippen molar-refractivity contribution in [3.8, 4) is 0 Å². The second-order valence-electron chi connectivity index (χ2n) is 3.45. The lowest BCUT2D eigenvalue weighted by Crippen LogP contribution is -2.24. The van der Waals surface area contributed by atoms with E-state index in [-0.39, 0.29) is 17.9 Å². The second kappa shape index (κ2) is 5.32. The fourth-order valence-corrected chi connectivity index (χ4v) is 2.37. The molecule has 0 aliphatic heterocycles. The van der Waals surface area contributed by atoms with E-state index in [1.807, 2.05) is 0 Å². The van der Waals surface area contributed by atoms with Crippen molar-refractivity contribution < 1.29 is 9.18 Å². The van der Waals surface area contributed by atoms with Gasteiger partial charge in [-0.25, -0.2) is 9.37 Å². The van der Waals surface area contributed by atoms with Crippen LogP contribution in [0.1, 0.15) is 15.2 Å². The normalized spacial score (nSPS) is 10.3. The van der Waals surface area contributed by atoms with Crippen molar-refractivity contribution in [2.75, 3.05) is 5.73 Å². The van der Waals surface area contributed by atoms with Gasteiger partial charge in [-0.3, -0.25) is 4.79 Å². The quantitative estimate of drug-likeness (QED) is 0.910. The molecule has 0 fully saturated rings. The maximum absolute atomic E-state index is 13.5. The van der Waals surface area contributed by atoms with Crippen LogP contribution in [0.25, 0.3) is 0 Å². The number of carbonyl (C=O) groups excluding carboxylic acids is 1. The standard InChI is InChI=1S/C11H9ClFN3OS/c12-8-2-1-6(18-8)5-16-11(17)7-3-4-15-10(14)9(7)13/h1-4H,5H2,(H2,14,15)(H,16,17). The van der Waals surface area contributed by atoms with Gasteiger partial charge in [0.25, 0.3) is 5.91 Å². The third-order valence-electron chi connectivity index (χ3n) is 2.21. The topological polar surface area (TPSA) is 68.0 Å². The summed E-state index contributed by atoms with van der Waals surface area (Å²) in [6.45, 7) is 0.290. The summed E-state index contributed by atoms with van der Waals surface area (Å²) in [5.41, 5.74) is 5.17. The molecular formula is C11H9ClFN3OS. The van der Waals surface area contributed by atoms with Crippen molar-refractivity contribution in [2.45, 2.75) is 6.54 Å². The number of halogens is 2. The number of aromatic nitrogens is 1. The summed E-state index contributed by atoms with van der Waals surface area (Å²) in [5, 5.41) is 2.59. The van der Waals surface area contributed by atoms with Crippen LogP contribution >= 0.6 is 22.9 Å². The SMILES string of the molecule is Nc1nccc(C(=O)NCc2ccc(Cl)s2)c1F. The summed E-state index contributed by atoms with van der Waals surface area (Å²) in [7, 11) is 0. The summed E-state index contributed by atoms with van der Waals surface area (Å²) < 4.78 is 14.2. The van der Waals surface area contributed by atoms with E-state index in [0.29, 0.717) is 4.34 Å². The van der Waals surface area contributed by atoms with Gasteiger partial charge in [0.05, 0.1) is 16.4 Å². The van der Waals surface area contributed by atoms with Gasteiger partial charge in [0.1, 0.15) is 0 Å². The number of hydrogen-bond donors (Lipinski definition) is 2. The molecule has 0 spiro atoms. The number of anilines is 1. The zero-order valence-corrected chi connectivity index (χ0v) is 10.7. The van der Waals surface area contributed by atoms with E-state index >= 15 is 0 Å². The van der Waals surface area contributed by atoms with Crippen LogP contribution in [0.2, 0.25) is 4.34 Å². The molecule has 2 aromatic rings. The Hall–Kier alpha value is -1.66. The van der Waals surface area contributed by atoms with Gasteiger partial charge in [-0.1, -0.05) is 11.6 Å². The van der Waals surface area contributed by atoms with Crippen LogP contribution in [0.15, 0.2) is 24.4 Å². The highest BCUT2D eigenvalue weighted by Crippen LogP contribution is 2.21. The summed E-state index contributed by atoms with van der Waals surface area (Å²) in [6.07, 6.45) is 1.29. The lowest BCUT2D eigenvalue weighted by atomic mass is 10.2. The van der Waals surface area contributed by atoms with E-state index in [0.717, 1.165) is 4.88 Å². The molecule has 3 N–H and O–H groups in total. The van der Waals surface area contributed by atoms with Gasteiger partial charge in [-0.15, -0.1) is 11.3 Å². The van der Waals surface area contributed by atoms with Crippen molar-refractivity contribution in [3.63, 3.8) is 0 Å². The van der Waals surface area contributed by atoms with Crippen LogP contribution in [0, 0.1) is 5.82 Å². The molecule has 7 heteroatoms. The van der Waals surface area contributed by atoms with Gasteiger partial charge in [0.2, 0.25) is 0 Å². The molecule has 2 aromatic heterocycles. The molecule has 0 bridgehead atoms. The number of nitrogens with zero attached hydrogens (tertiary/aromatic N) is 1. The number of carbonyl (C=O) groups is 1. The van der Waals surface area contributed by atoms with Crippen LogP contribution in [-0.4, -0.2) is 10.9 Å². The first-order chi connectivity index (χ1) is 8.58. The fraction of sp³-hybridized carbons (Fsp3) is 0.0909. The van der Waals surface area contributed by atoms with Crippen molar-refractivity contribution in [3.05, 3.63) is 45.0 Å². The lowest BCUT2D eigenvalue weighted by molar-refractivity contribution is 0.0947. The Morgan fingerprint density at radius 3 is 2.94 bits per heavy atom. The van der Waals surface area contributed by atoms with E-state index in [2.05, 4.69) is 10.3 Å².